The number of aliphatic carboxylic acids is 1. The van der Waals surface area contributed by atoms with Crippen molar-refractivity contribution in [3.8, 4) is 0 Å². The fourth-order valence-corrected chi connectivity index (χ4v) is 3.52. The van der Waals surface area contributed by atoms with Gasteiger partial charge in [0.25, 0.3) is 5.91 Å². The maximum atomic E-state index is 12.1. The number of nitrogens with zero attached hydrogens (tertiary/aromatic N) is 1. The van der Waals surface area contributed by atoms with Gasteiger partial charge in [-0.1, -0.05) is 24.0 Å². The van der Waals surface area contributed by atoms with Gasteiger partial charge >= 0.3 is 5.97 Å². The highest BCUT2D eigenvalue weighted by Gasteiger charge is 2.31. The van der Waals surface area contributed by atoms with Crippen LogP contribution in [0.3, 0.4) is 0 Å². The van der Waals surface area contributed by atoms with Gasteiger partial charge in [0.2, 0.25) is 0 Å². The highest BCUT2D eigenvalue weighted by Crippen LogP contribution is 2.32. The molecule has 0 radical (unpaired) electrons. The molecule has 0 spiro atoms. The first-order valence-electron chi connectivity index (χ1n) is 5.57. The van der Waals surface area contributed by atoms with Crippen molar-refractivity contribution in [2.45, 2.75) is 12.8 Å². The van der Waals surface area contributed by atoms with Crippen molar-refractivity contribution in [1.29, 1.82) is 0 Å². The Hall–Kier alpha value is -1.18. The topological polar surface area (TPSA) is 57.6 Å². The quantitative estimate of drug-likeness (QED) is 0.669. The van der Waals surface area contributed by atoms with Gasteiger partial charge in [-0.25, -0.2) is 0 Å². The summed E-state index contributed by atoms with van der Waals surface area (Å²) in [5.41, 5.74) is 0.982. The van der Waals surface area contributed by atoms with Crippen LogP contribution in [0.15, 0.2) is 21.7 Å². The van der Waals surface area contributed by atoms with Gasteiger partial charge in [0.15, 0.2) is 0 Å². The second-order valence-electron chi connectivity index (χ2n) is 3.89. The molecule has 1 fully saturated rings. The van der Waals surface area contributed by atoms with E-state index in [1.807, 2.05) is 22.9 Å². The molecule has 2 rings (SSSR count). The van der Waals surface area contributed by atoms with Crippen molar-refractivity contribution in [3.63, 3.8) is 0 Å². The number of rotatable bonds is 5. The van der Waals surface area contributed by atoms with E-state index in [-0.39, 0.29) is 12.3 Å². The van der Waals surface area contributed by atoms with Crippen LogP contribution in [0.4, 0.5) is 0 Å². The molecule has 2 heterocycles. The number of amides is 1. The molecule has 1 amide bonds. The minimum absolute atomic E-state index is 0.0423. The molecule has 0 unspecified atom stereocenters. The molecule has 100 valence electrons. The maximum Gasteiger partial charge on any atom is 0.303 e. The lowest BCUT2D eigenvalue weighted by Gasteiger charge is -2.13. The molecule has 4 nitrogen and oxygen atoms in total. The van der Waals surface area contributed by atoms with Gasteiger partial charge in [0.05, 0.1) is 4.91 Å². The van der Waals surface area contributed by atoms with E-state index >= 15 is 0 Å². The Bertz CT molecular complexity index is 536. The second kappa shape index (κ2) is 6.31. The van der Waals surface area contributed by atoms with Crippen LogP contribution >= 0.6 is 35.3 Å². The predicted molar refractivity (Wildman–Crippen MR) is 81.1 cm³/mol. The van der Waals surface area contributed by atoms with Gasteiger partial charge in [-0.3, -0.25) is 14.5 Å². The van der Waals surface area contributed by atoms with Crippen LogP contribution in [-0.2, 0) is 9.59 Å². The monoisotopic (exact) mass is 313 g/mol. The highest BCUT2D eigenvalue weighted by molar-refractivity contribution is 8.26. The zero-order valence-electron chi connectivity index (χ0n) is 9.87. The summed E-state index contributed by atoms with van der Waals surface area (Å²) >= 11 is 7.98. The maximum absolute atomic E-state index is 12.1. The van der Waals surface area contributed by atoms with Crippen LogP contribution in [0.5, 0.6) is 0 Å². The minimum atomic E-state index is -0.862. The summed E-state index contributed by atoms with van der Waals surface area (Å²) in [5.74, 6) is -0.995. The van der Waals surface area contributed by atoms with E-state index in [0.29, 0.717) is 22.2 Å². The molecule has 1 aromatic heterocycles. The third-order valence-corrected chi connectivity index (χ3v) is 4.57. The van der Waals surface area contributed by atoms with E-state index in [4.69, 9.17) is 17.3 Å². The Morgan fingerprint density at radius 3 is 2.95 bits per heavy atom. The third-order valence-electron chi connectivity index (χ3n) is 2.49. The molecule has 1 aromatic rings. The van der Waals surface area contributed by atoms with Gasteiger partial charge in [0.1, 0.15) is 4.32 Å². The van der Waals surface area contributed by atoms with E-state index in [1.54, 1.807) is 11.3 Å². The summed E-state index contributed by atoms with van der Waals surface area (Å²) in [4.78, 5) is 24.7. The number of thioether (sulfide) groups is 1. The number of carboxylic acids is 1. The lowest BCUT2D eigenvalue weighted by molar-refractivity contribution is -0.137. The summed E-state index contributed by atoms with van der Waals surface area (Å²) in [6, 6.07) is 1.93. The van der Waals surface area contributed by atoms with Crippen molar-refractivity contribution in [2.24, 2.45) is 0 Å². The van der Waals surface area contributed by atoms with Gasteiger partial charge in [0, 0.05) is 13.0 Å². The Morgan fingerprint density at radius 1 is 1.53 bits per heavy atom. The summed E-state index contributed by atoms with van der Waals surface area (Å²) in [7, 11) is 0. The average Bonchev–Trinajstić information content (AvgIpc) is 2.93. The van der Waals surface area contributed by atoms with Crippen molar-refractivity contribution in [1.82, 2.24) is 4.90 Å². The van der Waals surface area contributed by atoms with Crippen LogP contribution in [0, 0.1) is 0 Å². The summed E-state index contributed by atoms with van der Waals surface area (Å²) in [6.45, 7) is 0.359. The van der Waals surface area contributed by atoms with Crippen LogP contribution < -0.4 is 0 Å². The molecule has 7 heteroatoms. The first-order valence-corrected chi connectivity index (χ1v) is 7.74. The molecule has 1 aliphatic heterocycles. The number of thiocarbonyl (C=S) groups is 1. The van der Waals surface area contributed by atoms with Crippen molar-refractivity contribution in [3.05, 3.63) is 27.3 Å². The fraction of sp³-hybridized carbons (Fsp3) is 0.250. The van der Waals surface area contributed by atoms with E-state index in [9.17, 15) is 9.59 Å². The van der Waals surface area contributed by atoms with Crippen molar-refractivity contribution in [2.75, 3.05) is 6.54 Å². The smallest absolute Gasteiger partial charge is 0.303 e. The molecule has 1 saturated heterocycles. The van der Waals surface area contributed by atoms with Gasteiger partial charge in [-0.2, -0.15) is 11.3 Å². The standard InChI is InChI=1S/C12H11NO3S3/c14-10(15)2-1-4-13-11(16)9(19-12(13)17)6-8-3-5-18-7-8/h3,5-7H,1-2,4H2,(H,14,15). The highest BCUT2D eigenvalue weighted by atomic mass is 32.2. The molecule has 1 aliphatic rings. The number of hydrogen-bond donors (Lipinski definition) is 1. The number of carbonyl (C=O) groups excluding carboxylic acids is 1. The summed E-state index contributed by atoms with van der Waals surface area (Å²) < 4.78 is 0.497. The normalized spacial score (nSPS) is 17.5. The molecule has 0 atom stereocenters. The van der Waals surface area contributed by atoms with E-state index in [1.165, 1.54) is 16.7 Å². The molecule has 0 aromatic carbocycles. The van der Waals surface area contributed by atoms with Crippen LogP contribution in [-0.4, -0.2) is 32.7 Å². The Balaban J connectivity index is 2.02. The first kappa shape index (κ1) is 14.2. The number of carbonyl (C=O) groups is 2. The SMILES string of the molecule is O=C(O)CCCN1C(=O)C(=Cc2ccsc2)SC1=S. The van der Waals surface area contributed by atoms with Gasteiger partial charge in [-0.05, 0) is 34.9 Å². The molecule has 0 aliphatic carbocycles. The molecule has 0 saturated carbocycles. The molecular weight excluding hydrogens is 302 g/mol. The zero-order valence-corrected chi connectivity index (χ0v) is 12.3. The average molecular weight is 313 g/mol. The van der Waals surface area contributed by atoms with Crippen LogP contribution in [0.2, 0.25) is 0 Å². The van der Waals surface area contributed by atoms with Gasteiger partial charge in [-0.15, -0.1) is 0 Å². The second-order valence-corrected chi connectivity index (χ2v) is 6.34. The predicted octanol–water partition coefficient (Wildman–Crippen LogP) is 2.81. The van der Waals surface area contributed by atoms with E-state index < -0.39 is 5.97 Å². The van der Waals surface area contributed by atoms with Crippen molar-refractivity contribution < 1.29 is 14.7 Å². The number of hydrogen-bond acceptors (Lipinski definition) is 5. The summed E-state index contributed by atoms with van der Waals surface area (Å²) in [6.07, 6.45) is 2.27. The lowest BCUT2D eigenvalue weighted by Crippen LogP contribution is -2.29. The molecule has 1 N–H and O–H groups in total. The minimum Gasteiger partial charge on any atom is -0.481 e. The van der Waals surface area contributed by atoms with Crippen LogP contribution in [0.25, 0.3) is 6.08 Å². The van der Waals surface area contributed by atoms with E-state index in [0.717, 1.165) is 5.56 Å². The Labute approximate surface area is 124 Å². The van der Waals surface area contributed by atoms with Crippen LogP contribution in [0.1, 0.15) is 18.4 Å². The molecule has 19 heavy (non-hydrogen) atoms. The molecular formula is C12H11NO3S3. The molecule has 0 bridgehead atoms. The van der Waals surface area contributed by atoms with Crippen molar-refractivity contribution >= 4 is 57.6 Å². The number of thiophene rings is 1. The van der Waals surface area contributed by atoms with E-state index in [2.05, 4.69) is 0 Å². The Kier molecular flexibility index (Phi) is 4.73. The fourth-order valence-electron chi connectivity index (χ4n) is 1.59. The van der Waals surface area contributed by atoms with Gasteiger partial charge < -0.3 is 5.11 Å². The Morgan fingerprint density at radius 2 is 2.32 bits per heavy atom. The lowest BCUT2D eigenvalue weighted by atomic mass is 10.2. The number of carboxylic acid groups (broad SMARTS) is 1. The zero-order chi connectivity index (χ0) is 13.8. The summed E-state index contributed by atoms with van der Waals surface area (Å²) in [5, 5.41) is 12.5. The first-order chi connectivity index (χ1) is 9.08. The largest absolute Gasteiger partial charge is 0.481 e. The third kappa shape index (κ3) is 3.65.